The van der Waals surface area contributed by atoms with Crippen LogP contribution in [0.4, 0.5) is 0 Å². The first kappa shape index (κ1) is 13.2. The van der Waals surface area contributed by atoms with Crippen LogP contribution in [0.25, 0.3) is 0 Å². The Morgan fingerprint density at radius 1 is 1.33 bits per heavy atom. The minimum Gasteiger partial charge on any atom is -0.454 e. The Bertz CT molecular complexity index is 572. The van der Waals surface area contributed by atoms with Gasteiger partial charge in [-0.15, -0.1) is 0 Å². The Hall–Kier alpha value is -1.27. The minimum atomic E-state index is -3.39. The van der Waals surface area contributed by atoms with E-state index in [1.165, 1.54) is 0 Å². The average Bonchev–Trinajstić information content (AvgIpc) is 2.59. The van der Waals surface area contributed by atoms with Crippen LogP contribution in [0.5, 0.6) is 11.5 Å². The van der Waals surface area contributed by atoms with Crippen LogP contribution in [0.15, 0.2) is 17.0 Å². The highest BCUT2D eigenvalue weighted by Gasteiger charge is 2.28. The molecule has 0 aromatic heterocycles. The van der Waals surface area contributed by atoms with Crippen LogP contribution in [0, 0.1) is 0 Å². The predicted molar refractivity (Wildman–Crippen MR) is 67.6 cm³/mol. The van der Waals surface area contributed by atoms with Gasteiger partial charge in [-0.1, -0.05) is 6.07 Å². The molecular formula is C12H17NO4S. The van der Waals surface area contributed by atoms with Gasteiger partial charge in [-0.25, -0.2) is 8.42 Å². The second-order valence-electron chi connectivity index (χ2n) is 5.23. The van der Waals surface area contributed by atoms with Crippen molar-refractivity contribution < 1.29 is 17.9 Å². The van der Waals surface area contributed by atoms with Gasteiger partial charge in [0.1, 0.15) is 4.90 Å². The maximum atomic E-state index is 11.9. The lowest BCUT2D eigenvalue weighted by atomic mass is 9.96. The number of benzene rings is 1. The molecule has 1 heterocycles. The molecule has 0 aliphatic carbocycles. The van der Waals surface area contributed by atoms with Crippen molar-refractivity contribution in [2.45, 2.75) is 30.7 Å². The maximum Gasteiger partial charge on any atom is 0.231 e. The zero-order chi connectivity index (χ0) is 13.6. The van der Waals surface area contributed by atoms with E-state index < -0.39 is 15.4 Å². The van der Waals surface area contributed by atoms with Crippen LogP contribution in [-0.2, 0) is 16.3 Å². The molecule has 1 aliphatic heterocycles. The summed E-state index contributed by atoms with van der Waals surface area (Å²) in [7, 11) is -3.39. The molecule has 2 rings (SSSR count). The van der Waals surface area contributed by atoms with Gasteiger partial charge < -0.3 is 15.2 Å². The number of sulfone groups is 1. The molecular weight excluding hydrogens is 254 g/mol. The summed E-state index contributed by atoms with van der Waals surface area (Å²) in [6.45, 7) is 3.75. The van der Waals surface area contributed by atoms with Crippen molar-refractivity contribution in [2.75, 3.05) is 13.0 Å². The number of fused-ring (bicyclic) bond motifs is 1. The lowest BCUT2D eigenvalue weighted by Gasteiger charge is -2.20. The maximum absolute atomic E-state index is 11.9. The summed E-state index contributed by atoms with van der Waals surface area (Å²) >= 11 is 0. The molecule has 1 aromatic rings. The highest BCUT2D eigenvalue weighted by molar-refractivity contribution is 7.90. The van der Waals surface area contributed by atoms with Crippen LogP contribution in [0.1, 0.15) is 19.4 Å². The van der Waals surface area contributed by atoms with Gasteiger partial charge in [-0.3, -0.25) is 0 Å². The van der Waals surface area contributed by atoms with E-state index in [1.807, 2.05) is 13.8 Å². The predicted octanol–water partition coefficient (Wildman–Crippen LogP) is 1.10. The van der Waals surface area contributed by atoms with Crippen molar-refractivity contribution in [3.05, 3.63) is 17.7 Å². The molecule has 0 unspecified atom stereocenters. The van der Waals surface area contributed by atoms with Crippen LogP contribution in [0.2, 0.25) is 0 Å². The zero-order valence-electron chi connectivity index (χ0n) is 10.7. The average molecular weight is 271 g/mol. The van der Waals surface area contributed by atoms with Crippen LogP contribution >= 0.6 is 0 Å². The van der Waals surface area contributed by atoms with Crippen LogP contribution in [0.3, 0.4) is 0 Å². The molecule has 2 N–H and O–H groups in total. The van der Waals surface area contributed by atoms with Gasteiger partial charge in [-0.2, -0.15) is 0 Å². The van der Waals surface area contributed by atoms with Crippen molar-refractivity contribution in [1.29, 1.82) is 0 Å². The molecule has 1 aromatic carbocycles. The fourth-order valence-corrected chi connectivity index (χ4v) is 3.14. The lowest BCUT2D eigenvalue weighted by Crippen LogP contribution is -2.34. The fourth-order valence-electron chi connectivity index (χ4n) is 2.02. The monoisotopic (exact) mass is 271 g/mol. The molecule has 18 heavy (non-hydrogen) atoms. The largest absolute Gasteiger partial charge is 0.454 e. The summed E-state index contributed by atoms with van der Waals surface area (Å²) in [4.78, 5) is 0.191. The van der Waals surface area contributed by atoms with Gasteiger partial charge in [-0.05, 0) is 31.9 Å². The summed E-state index contributed by atoms with van der Waals surface area (Å²) in [5.74, 6) is 0.772. The molecule has 0 atom stereocenters. The van der Waals surface area contributed by atoms with Gasteiger partial charge >= 0.3 is 0 Å². The Labute approximate surface area is 107 Å². The first-order valence-corrected chi connectivity index (χ1v) is 7.48. The third-order valence-electron chi connectivity index (χ3n) is 2.59. The van der Waals surface area contributed by atoms with E-state index in [0.29, 0.717) is 23.5 Å². The zero-order valence-corrected chi connectivity index (χ0v) is 11.5. The van der Waals surface area contributed by atoms with Gasteiger partial charge in [0.05, 0.1) is 0 Å². The Morgan fingerprint density at radius 2 is 2.00 bits per heavy atom. The van der Waals surface area contributed by atoms with Crippen molar-refractivity contribution in [3.63, 3.8) is 0 Å². The SMILES string of the molecule is CC(C)(N)Cc1ccc2c(c1S(C)(=O)=O)OCO2. The summed E-state index contributed by atoms with van der Waals surface area (Å²) in [6.07, 6.45) is 1.61. The first-order valence-electron chi connectivity index (χ1n) is 5.59. The van der Waals surface area contributed by atoms with Crippen molar-refractivity contribution >= 4 is 9.84 Å². The second-order valence-corrected chi connectivity index (χ2v) is 7.18. The first-order chi connectivity index (χ1) is 8.18. The number of hydrogen-bond donors (Lipinski definition) is 1. The highest BCUT2D eigenvalue weighted by atomic mass is 32.2. The highest BCUT2D eigenvalue weighted by Crippen LogP contribution is 2.40. The van der Waals surface area contributed by atoms with E-state index >= 15 is 0 Å². The third-order valence-corrected chi connectivity index (χ3v) is 3.78. The van der Waals surface area contributed by atoms with Crippen LogP contribution in [-0.4, -0.2) is 27.0 Å². The molecule has 1 aliphatic rings. The molecule has 0 amide bonds. The minimum absolute atomic E-state index is 0.0489. The Morgan fingerprint density at radius 3 is 2.56 bits per heavy atom. The quantitative estimate of drug-likeness (QED) is 0.890. The van der Waals surface area contributed by atoms with Gasteiger partial charge in [0.15, 0.2) is 21.3 Å². The summed E-state index contributed by atoms with van der Waals surface area (Å²) in [5, 5.41) is 0. The van der Waals surface area contributed by atoms with Gasteiger partial charge in [0, 0.05) is 11.8 Å². The van der Waals surface area contributed by atoms with E-state index in [-0.39, 0.29) is 11.7 Å². The molecule has 6 heteroatoms. The molecule has 0 bridgehead atoms. The molecule has 0 fully saturated rings. The van der Waals surface area contributed by atoms with Crippen molar-refractivity contribution in [2.24, 2.45) is 5.73 Å². The van der Waals surface area contributed by atoms with Crippen LogP contribution < -0.4 is 15.2 Å². The third kappa shape index (κ3) is 2.59. The van der Waals surface area contributed by atoms with E-state index in [1.54, 1.807) is 12.1 Å². The fraction of sp³-hybridized carbons (Fsp3) is 0.500. The van der Waals surface area contributed by atoms with Crippen molar-refractivity contribution in [1.82, 2.24) is 0 Å². The van der Waals surface area contributed by atoms with Crippen molar-refractivity contribution in [3.8, 4) is 11.5 Å². The van der Waals surface area contributed by atoms with E-state index in [4.69, 9.17) is 15.2 Å². The molecule has 0 spiro atoms. The molecule has 5 nitrogen and oxygen atoms in total. The summed E-state index contributed by atoms with van der Waals surface area (Å²) in [5.41, 5.74) is 6.13. The topological polar surface area (TPSA) is 78.6 Å². The number of ether oxygens (including phenoxy) is 2. The smallest absolute Gasteiger partial charge is 0.231 e. The normalized spacial score (nSPS) is 14.9. The summed E-state index contributed by atoms with van der Waals surface area (Å²) in [6, 6.07) is 3.45. The second kappa shape index (κ2) is 4.13. The molecule has 0 radical (unpaired) electrons. The lowest BCUT2D eigenvalue weighted by molar-refractivity contribution is 0.172. The van der Waals surface area contributed by atoms with E-state index in [2.05, 4.69) is 0 Å². The molecule has 0 saturated carbocycles. The standard InChI is InChI=1S/C12H17NO4S/c1-12(2,13)6-8-4-5-9-10(17-7-16-9)11(8)18(3,14)15/h4-5H,6-7,13H2,1-3H3. The van der Waals surface area contributed by atoms with E-state index in [0.717, 1.165) is 6.26 Å². The van der Waals surface area contributed by atoms with Gasteiger partial charge in [0.2, 0.25) is 6.79 Å². The Kier molecular flexibility index (Phi) is 3.03. The Balaban J connectivity index is 2.61. The van der Waals surface area contributed by atoms with E-state index in [9.17, 15) is 8.42 Å². The molecule has 0 saturated heterocycles. The number of nitrogens with two attached hydrogens (primary N) is 1. The number of rotatable bonds is 3. The number of hydrogen-bond acceptors (Lipinski definition) is 5. The van der Waals surface area contributed by atoms with Gasteiger partial charge in [0.25, 0.3) is 0 Å². The summed E-state index contributed by atoms with van der Waals surface area (Å²) < 4.78 is 34.3. The molecule has 100 valence electrons.